The Morgan fingerprint density at radius 3 is 2.49 bits per heavy atom. The SMILES string of the molecule is COc1cc(-c2nc(-c3ccccc3)[nH]c2-c2ccnc(NCCCNS(=O)(=O)c3ccc(Br)cc3)n2)ccc1Cl. The zero-order valence-corrected chi connectivity index (χ0v) is 25.1. The van der Waals surface area contributed by atoms with E-state index in [1.54, 1.807) is 49.7 Å². The first-order valence-electron chi connectivity index (χ1n) is 12.7. The number of nitrogens with one attached hydrogen (secondary N) is 3. The molecule has 3 aromatic carbocycles. The van der Waals surface area contributed by atoms with E-state index >= 15 is 0 Å². The van der Waals surface area contributed by atoms with E-state index in [9.17, 15) is 8.42 Å². The lowest BCUT2D eigenvalue weighted by Gasteiger charge is -2.09. The van der Waals surface area contributed by atoms with Crippen molar-refractivity contribution in [2.45, 2.75) is 11.3 Å². The highest BCUT2D eigenvalue weighted by Crippen LogP contribution is 2.36. The van der Waals surface area contributed by atoms with E-state index in [0.717, 1.165) is 15.6 Å². The number of sulfonamides is 1. The van der Waals surface area contributed by atoms with Crippen LogP contribution in [-0.4, -0.2) is 48.6 Å². The van der Waals surface area contributed by atoms with Crippen LogP contribution in [0, 0.1) is 0 Å². The van der Waals surface area contributed by atoms with Crippen molar-refractivity contribution in [1.82, 2.24) is 24.7 Å². The fraction of sp³-hybridized carbons (Fsp3) is 0.138. The summed E-state index contributed by atoms with van der Waals surface area (Å²) in [5.74, 6) is 1.64. The molecule has 41 heavy (non-hydrogen) atoms. The first-order chi connectivity index (χ1) is 19.8. The molecule has 9 nitrogen and oxygen atoms in total. The van der Waals surface area contributed by atoms with Crippen LogP contribution in [0.3, 0.4) is 0 Å². The van der Waals surface area contributed by atoms with E-state index in [-0.39, 0.29) is 11.4 Å². The third kappa shape index (κ3) is 6.94. The van der Waals surface area contributed by atoms with Gasteiger partial charge in [0.25, 0.3) is 0 Å². The van der Waals surface area contributed by atoms with Gasteiger partial charge in [-0.25, -0.2) is 28.1 Å². The molecule has 210 valence electrons. The predicted octanol–water partition coefficient (Wildman–Crippen LogP) is 6.41. The Labute approximate surface area is 251 Å². The molecule has 0 saturated heterocycles. The van der Waals surface area contributed by atoms with Crippen LogP contribution in [0.4, 0.5) is 5.95 Å². The standard InChI is InChI=1S/C29H26BrClN6O3S/c1-40-25-18-20(8-13-23(25)31)26-27(37-28(36-26)19-6-3-2-4-7-19)24-14-17-33-29(35-24)32-15-5-16-34-41(38,39)22-11-9-21(30)10-12-22/h2-4,6-14,17-18,34H,5,15-16H2,1H3,(H,36,37)(H,32,33,35). The average molecular weight is 654 g/mol. The number of methoxy groups -OCH3 is 1. The van der Waals surface area contributed by atoms with Gasteiger partial charge in [0.15, 0.2) is 0 Å². The number of imidazole rings is 1. The quantitative estimate of drug-likeness (QED) is 0.141. The topological polar surface area (TPSA) is 122 Å². The molecule has 0 spiro atoms. The van der Waals surface area contributed by atoms with E-state index < -0.39 is 10.0 Å². The van der Waals surface area contributed by atoms with Crippen LogP contribution in [0.2, 0.25) is 5.02 Å². The number of rotatable bonds is 11. The zero-order chi connectivity index (χ0) is 28.8. The summed E-state index contributed by atoms with van der Waals surface area (Å²) in [6.45, 7) is 0.723. The molecule has 12 heteroatoms. The van der Waals surface area contributed by atoms with Gasteiger partial charge in [-0.3, -0.25) is 0 Å². The highest BCUT2D eigenvalue weighted by molar-refractivity contribution is 9.10. The number of ether oxygens (including phenoxy) is 1. The largest absolute Gasteiger partial charge is 0.495 e. The number of hydrogen-bond donors (Lipinski definition) is 3. The molecule has 0 aliphatic heterocycles. The lowest BCUT2D eigenvalue weighted by Crippen LogP contribution is -2.26. The number of anilines is 1. The third-order valence-electron chi connectivity index (χ3n) is 6.14. The maximum absolute atomic E-state index is 12.5. The minimum absolute atomic E-state index is 0.216. The molecule has 0 amide bonds. The summed E-state index contributed by atoms with van der Waals surface area (Å²) in [5, 5.41) is 3.68. The first-order valence-corrected chi connectivity index (χ1v) is 15.3. The lowest BCUT2D eigenvalue weighted by molar-refractivity contribution is 0.415. The van der Waals surface area contributed by atoms with Crippen LogP contribution in [-0.2, 0) is 10.0 Å². The minimum Gasteiger partial charge on any atom is -0.495 e. The van der Waals surface area contributed by atoms with E-state index in [2.05, 4.69) is 35.9 Å². The summed E-state index contributed by atoms with van der Waals surface area (Å²) in [4.78, 5) is 17.6. The van der Waals surface area contributed by atoms with Crippen molar-refractivity contribution in [2.24, 2.45) is 0 Å². The van der Waals surface area contributed by atoms with Crippen LogP contribution in [0.15, 0.2) is 94.4 Å². The second-order valence-electron chi connectivity index (χ2n) is 8.92. The number of hydrogen-bond acceptors (Lipinski definition) is 7. The summed E-state index contributed by atoms with van der Waals surface area (Å²) >= 11 is 9.59. The zero-order valence-electron chi connectivity index (χ0n) is 21.9. The van der Waals surface area contributed by atoms with Crippen LogP contribution in [0.25, 0.3) is 34.0 Å². The van der Waals surface area contributed by atoms with Crippen molar-refractivity contribution in [2.75, 3.05) is 25.5 Å². The second-order valence-corrected chi connectivity index (χ2v) is 12.0. The van der Waals surface area contributed by atoms with Crippen molar-refractivity contribution < 1.29 is 13.2 Å². The van der Waals surface area contributed by atoms with Crippen molar-refractivity contribution in [3.05, 3.63) is 94.6 Å². The fourth-order valence-electron chi connectivity index (χ4n) is 4.08. The van der Waals surface area contributed by atoms with Gasteiger partial charge in [0.2, 0.25) is 16.0 Å². The molecule has 0 aliphatic carbocycles. The Morgan fingerprint density at radius 2 is 1.73 bits per heavy atom. The Bertz CT molecular complexity index is 1750. The molecule has 0 unspecified atom stereocenters. The van der Waals surface area contributed by atoms with Crippen molar-refractivity contribution in [3.8, 4) is 39.8 Å². The first kappa shape index (κ1) is 28.7. The lowest BCUT2D eigenvalue weighted by atomic mass is 10.1. The molecular formula is C29H26BrClN6O3S. The Kier molecular flexibility index (Phi) is 8.99. The molecule has 0 bridgehead atoms. The van der Waals surface area contributed by atoms with Gasteiger partial charge in [-0.2, -0.15) is 0 Å². The number of H-pyrrole nitrogens is 1. The van der Waals surface area contributed by atoms with E-state index in [1.807, 2.05) is 42.5 Å². The van der Waals surface area contributed by atoms with Crippen LogP contribution in [0.1, 0.15) is 6.42 Å². The monoisotopic (exact) mass is 652 g/mol. The molecule has 0 radical (unpaired) electrons. The highest BCUT2D eigenvalue weighted by atomic mass is 79.9. The Morgan fingerprint density at radius 1 is 0.951 bits per heavy atom. The highest BCUT2D eigenvalue weighted by Gasteiger charge is 2.18. The fourth-order valence-corrected chi connectivity index (χ4v) is 5.62. The van der Waals surface area contributed by atoms with Gasteiger partial charge >= 0.3 is 0 Å². The minimum atomic E-state index is -3.58. The maximum Gasteiger partial charge on any atom is 0.240 e. The van der Waals surface area contributed by atoms with Crippen LogP contribution >= 0.6 is 27.5 Å². The van der Waals surface area contributed by atoms with Gasteiger partial charge in [-0.15, -0.1) is 0 Å². The molecular weight excluding hydrogens is 628 g/mol. The average Bonchev–Trinajstić information content (AvgIpc) is 3.44. The van der Waals surface area contributed by atoms with Gasteiger partial charge in [-0.05, 0) is 48.9 Å². The van der Waals surface area contributed by atoms with Crippen molar-refractivity contribution in [1.29, 1.82) is 0 Å². The summed E-state index contributed by atoms with van der Waals surface area (Å²) in [5.41, 5.74) is 3.77. The van der Waals surface area contributed by atoms with Gasteiger partial charge in [0.1, 0.15) is 11.6 Å². The second kappa shape index (κ2) is 12.8. The number of aromatic nitrogens is 4. The normalized spacial score (nSPS) is 11.4. The summed E-state index contributed by atoms with van der Waals surface area (Å²) in [7, 11) is -2.01. The molecule has 2 aromatic heterocycles. The third-order valence-corrected chi connectivity index (χ3v) is 8.46. The predicted molar refractivity (Wildman–Crippen MR) is 164 cm³/mol. The number of benzene rings is 3. The van der Waals surface area contributed by atoms with Crippen LogP contribution in [0.5, 0.6) is 5.75 Å². The smallest absolute Gasteiger partial charge is 0.240 e. The number of halogens is 2. The Hall–Kier alpha value is -3.77. The van der Waals surface area contributed by atoms with Crippen LogP contribution < -0.4 is 14.8 Å². The van der Waals surface area contributed by atoms with Gasteiger partial charge < -0.3 is 15.0 Å². The molecule has 0 atom stereocenters. The van der Waals surface area contributed by atoms with E-state index in [0.29, 0.717) is 52.6 Å². The van der Waals surface area contributed by atoms with Gasteiger partial charge in [-0.1, -0.05) is 63.9 Å². The Balaban J connectivity index is 1.33. The molecule has 5 aromatic rings. The van der Waals surface area contributed by atoms with E-state index in [4.69, 9.17) is 26.3 Å². The molecule has 0 saturated carbocycles. The van der Waals surface area contributed by atoms with Gasteiger partial charge in [0.05, 0.1) is 34.1 Å². The molecule has 5 rings (SSSR count). The summed E-state index contributed by atoms with van der Waals surface area (Å²) < 4.78 is 33.8. The number of aromatic amines is 1. The molecule has 0 aliphatic rings. The maximum atomic E-state index is 12.5. The van der Waals surface area contributed by atoms with Crippen molar-refractivity contribution >= 4 is 43.5 Å². The molecule has 3 N–H and O–H groups in total. The van der Waals surface area contributed by atoms with E-state index in [1.165, 1.54) is 0 Å². The summed E-state index contributed by atoms with van der Waals surface area (Å²) in [6.07, 6.45) is 2.19. The molecule has 0 fully saturated rings. The molecule has 2 heterocycles. The van der Waals surface area contributed by atoms with Crippen molar-refractivity contribution in [3.63, 3.8) is 0 Å². The van der Waals surface area contributed by atoms with Gasteiger partial charge in [0, 0.05) is 34.9 Å². The summed E-state index contributed by atoms with van der Waals surface area (Å²) in [6, 6.07) is 23.6. The number of nitrogens with zero attached hydrogens (tertiary/aromatic N) is 3.